The normalized spacial score (nSPS) is 25.9. The van der Waals surface area contributed by atoms with Crippen LogP contribution in [0.5, 0.6) is 0 Å². The molecule has 2 aliphatic rings. The third-order valence-corrected chi connectivity index (χ3v) is 4.84. The fourth-order valence-electron chi connectivity index (χ4n) is 3.13. The first-order chi connectivity index (χ1) is 10.1. The average molecular weight is 307 g/mol. The third kappa shape index (κ3) is 3.78. The molecular formula is C17H23ClN2O. The molecule has 1 aromatic carbocycles. The molecule has 0 bridgehead atoms. The van der Waals surface area contributed by atoms with Gasteiger partial charge in [-0.3, -0.25) is 4.79 Å². The van der Waals surface area contributed by atoms with Crippen molar-refractivity contribution in [2.45, 2.75) is 38.8 Å². The number of hydrogen-bond acceptors (Lipinski definition) is 2. The van der Waals surface area contributed by atoms with Crippen LogP contribution >= 0.6 is 11.6 Å². The minimum absolute atomic E-state index is 0.341. The second kappa shape index (κ2) is 6.37. The lowest BCUT2D eigenvalue weighted by atomic mass is 9.93. The SMILES string of the molecule is CC1CN(C(=O)C2CC2)CCC1NCc1cccc(Cl)c1. The van der Waals surface area contributed by atoms with Crippen molar-refractivity contribution in [3.05, 3.63) is 34.9 Å². The molecule has 21 heavy (non-hydrogen) atoms. The van der Waals surface area contributed by atoms with E-state index >= 15 is 0 Å². The highest BCUT2D eigenvalue weighted by atomic mass is 35.5. The van der Waals surface area contributed by atoms with Crippen LogP contribution in [0.15, 0.2) is 24.3 Å². The number of carbonyl (C=O) groups is 1. The first-order valence-electron chi connectivity index (χ1n) is 7.90. The molecule has 2 atom stereocenters. The van der Waals surface area contributed by atoms with Gasteiger partial charge in [-0.1, -0.05) is 30.7 Å². The number of nitrogens with zero attached hydrogens (tertiary/aromatic N) is 1. The van der Waals surface area contributed by atoms with Crippen molar-refractivity contribution < 1.29 is 4.79 Å². The third-order valence-electron chi connectivity index (χ3n) is 4.60. The van der Waals surface area contributed by atoms with E-state index in [9.17, 15) is 4.79 Å². The molecule has 1 N–H and O–H groups in total. The summed E-state index contributed by atoms with van der Waals surface area (Å²) in [5.74, 6) is 1.23. The van der Waals surface area contributed by atoms with Crippen LogP contribution in [-0.2, 0) is 11.3 Å². The van der Waals surface area contributed by atoms with Gasteiger partial charge in [0.05, 0.1) is 0 Å². The maximum absolute atomic E-state index is 12.1. The van der Waals surface area contributed by atoms with Gasteiger partial charge in [0.1, 0.15) is 0 Å². The van der Waals surface area contributed by atoms with Gasteiger partial charge in [0.2, 0.25) is 5.91 Å². The van der Waals surface area contributed by atoms with Crippen molar-refractivity contribution >= 4 is 17.5 Å². The van der Waals surface area contributed by atoms with Crippen LogP contribution in [0, 0.1) is 11.8 Å². The molecule has 4 heteroatoms. The number of likely N-dealkylation sites (tertiary alicyclic amines) is 1. The Hall–Kier alpha value is -1.06. The molecule has 2 unspecified atom stereocenters. The molecule has 0 spiro atoms. The second-order valence-corrected chi connectivity index (χ2v) is 6.88. The number of rotatable bonds is 4. The Morgan fingerprint density at radius 2 is 2.19 bits per heavy atom. The van der Waals surface area contributed by atoms with Gasteiger partial charge in [-0.2, -0.15) is 0 Å². The molecule has 1 saturated carbocycles. The summed E-state index contributed by atoms with van der Waals surface area (Å²) in [5, 5.41) is 4.41. The van der Waals surface area contributed by atoms with E-state index in [1.54, 1.807) is 0 Å². The number of piperidine rings is 1. The lowest BCUT2D eigenvalue weighted by Gasteiger charge is -2.37. The Morgan fingerprint density at radius 3 is 2.86 bits per heavy atom. The fourth-order valence-corrected chi connectivity index (χ4v) is 3.35. The Kier molecular flexibility index (Phi) is 4.51. The fraction of sp³-hybridized carbons (Fsp3) is 0.588. The molecule has 1 saturated heterocycles. The van der Waals surface area contributed by atoms with Gasteiger partial charge in [-0.15, -0.1) is 0 Å². The first-order valence-corrected chi connectivity index (χ1v) is 8.28. The number of benzene rings is 1. The Labute approximate surface area is 131 Å². The van der Waals surface area contributed by atoms with Crippen molar-refractivity contribution in [2.24, 2.45) is 11.8 Å². The largest absolute Gasteiger partial charge is 0.342 e. The van der Waals surface area contributed by atoms with Crippen LogP contribution in [0.3, 0.4) is 0 Å². The number of amides is 1. The van der Waals surface area contributed by atoms with E-state index < -0.39 is 0 Å². The zero-order valence-corrected chi connectivity index (χ0v) is 13.3. The predicted molar refractivity (Wildman–Crippen MR) is 85.2 cm³/mol. The summed E-state index contributed by atoms with van der Waals surface area (Å²) in [6.07, 6.45) is 3.24. The van der Waals surface area contributed by atoms with Crippen molar-refractivity contribution in [3.63, 3.8) is 0 Å². The molecule has 1 aliphatic heterocycles. The van der Waals surface area contributed by atoms with Gasteiger partial charge in [-0.05, 0) is 42.9 Å². The summed E-state index contributed by atoms with van der Waals surface area (Å²) in [6.45, 7) is 4.86. The first kappa shape index (κ1) is 14.9. The van der Waals surface area contributed by atoms with Crippen LogP contribution in [0.2, 0.25) is 5.02 Å². The van der Waals surface area contributed by atoms with Gasteiger partial charge in [0, 0.05) is 36.6 Å². The molecule has 0 aromatic heterocycles. The Morgan fingerprint density at radius 1 is 1.38 bits per heavy atom. The topological polar surface area (TPSA) is 32.3 Å². The molecule has 1 aliphatic carbocycles. The highest BCUT2D eigenvalue weighted by Crippen LogP contribution is 2.32. The molecule has 2 fully saturated rings. The summed E-state index contributed by atoms with van der Waals surface area (Å²) in [4.78, 5) is 14.2. The zero-order valence-electron chi connectivity index (χ0n) is 12.5. The minimum Gasteiger partial charge on any atom is -0.342 e. The van der Waals surface area contributed by atoms with Crippen molar-refractivity contribution in [1.82, 2.24) is 10.2 Å². The van der Waals surface area contributed by atoms with Gasteiger partial charge < -0.3 is 10.2 Å². The lowest BCUT2D eigenvalue weighted by Crippen LogP contribution is -2.50. The molecule has 1 heterocycles. The second-order valence-electron chi connectivity index (χ2n) is 6.44. The molecular weight excluding hydrogens is 284 g/mol. The van der Waals surface area contributed by atoms with Crippen molar-refractivity contribution in [1.29, 1.82) is 0 Å². The van der Waals surface area contributed by atoms with Gasteiger partial charge in [0.15, 0.2) is 0 Å². The van der Waals surface area contributed by atoms with Crippen LogP contribution in [0.25, 0.3) is 0 Å². The Bertz CT molecular complexity index is 515. The number of nitrogens with one attached hydrogen (secondary N) is 1. The quantitative estimate of drug-likeness (QED) is 0.927. The number of halogens is 1. The highest BCUT2D eigenvalue weighted by molar-refractivity contribution is 6.30. The van der Waals surface area contributed by atoms with E-state index in [1.165, 1.54) is 5.56 Å². The van der Waals surface area contributed by atoms with E-state index in [-0.39, 0.29) is 0 Å². The van der Waals surface area contributed by atoms with Gasteiger partial charge in [0.25, 0.3) is 0 Å². The van der Waals surface area contributed by atoms with Crippen LogP contribution < -0.4 is 5.32 Å². The van der Waals surface area contributed by atoms with Gasteiger partial charge in [-0.25, -0.2) is 0 Å². The van der Waals surface area contributed by atoms with Gasteiger partial charge >= 0.3 is 0 Å². The van der Waals surface area contributed by atoms with E-state index in [0.29, 0.717) is 23.8 Å². The lowest BCUT2D eigenvalue weighted by molar-refractivity contribution is -0.134. The number of hydrogen-bond donors (Lipinski definition) is 1. The summed E-state index contributed by atoms with van der Waals surface area (Å²) in [5.41, 5.74) is 1.21. The summed E-state index contributed by atoms with van der Waals surface area (Å²) in [7, 11) is 0. The van der Waals surface area contributed by atoms with Crippen molar-refractivity contribution in [2.75, 3.05) is 13.1 Å². The predicted octanol–water partition coefficient (Wildman–Crippen LogP) is 3.08. The summed E-state index contributed by atoms with van der Waals surface area (Å²) in [6, 6.07) is 8.46. The Balaban J connectivity index is 1.50. The van der Waals surface area contributed by atoms with E-state index in [2.05, 4.69) is 23.2 Å². The standard InChI is InChI=1S/C17H23ClN2O/c1-12-11-20(17(21)14-5-6-14)8-7-16(12)19-10-13-3-2-4-15(18)9-13/h2-4,9,12,14,16,19H,5-8,10-11H2,1H3. The summed E-state index contributed by atoms with van der Waals surface area (Å²) >= 11 is 6.01. The zero-order chi connectivity index (χ0) is 14.8. The maximum Gasteiger partial charge on any atom is 0.225 e. The molecule has 1 aromatic rings. The van der Waals surface area contributed by atoms with E-state index in [0.717, 1.165) is 43.9 Å². The molecule has 3 rings (SSSR count). The molecule has 114 valence electrons. The molecule has 3 nitrogen and oxygen atoms in total. The smallest absolute Gasteiger partial charge is 0.225 e. The van der Waals surface area contributed by atoms with E-state index in [4.69, 9.17) is 11.6 Å². The van der Waals surface area contributed by atoms with E-state index in [1.807, 2.05) is 18.2 Å². The average Bonchev–Trinajstić information content (AvgIpc) is 3.30. The molecule has 1 amide bonds. The van der Waals surface area contributed by atoms with Crippen molar-refractivity contribution in [3.8, 4) is 0 Å². The number of carbonyl (C=O) groups excluding carboxylic acids is 1. The minimum atomic E-state index is 0.341. The van der Waals surface area contributed by atoms with Crippen LogP contribution in [0.1, 0.15) is 31.7 Å². The monoisotopic (exact) mass is 306 g/mol. The molecule has 0 radical (unpaired) electrons. The highest BCUT2D eigenvalue weighted by Gasteiger charge is 2.36. The maximum atomic E-state index is 12.1. The summed E-state index contributed by atoms with van der Waals surface area (Å²) < 4.78 is 0. The van der Waals surface area contributed by atoms with Crippen LogP contribution in [-0.4, -0.2) is 29.9 Å². The van der Waals surface area contributed by atoms with Crippen LogP contribution in [0.4, 0.5) is 0 Å².